The first-order chi connectivity index (χ1) is 7.81. The molecule has 0 atom stereocenters. The van der Waals surface area contributed by atoms with Gasteiger partial charge < -0.3 is 9.64 Å². The predicted molar refractivity (Wildman–Crippen MR) is 58.4 cm³/mol. The maximum atomic E-state index is 13.8. The third-order valence-corrected chi connectivity index (χ3v) is 2.61. The van der Waals surface area contributed by atoms with E-state index in [9.17, 15) is 4.39 Å². The number of rotatable bonds is 3. The summed E-state index contributed by atoms with van der Waals surface area (Å²) in [7, 11) is 0. The highest BCUT2D eigenvalue weighted by atomic mass is 19.1. The third-order valence-electron chi connectivity index (χ3n) is 2.61. The van der Waals surface area contributed by atoms with Crippen molar-refractivity contribution in [1.82, 2.24) is 0 Å². The average Bonchev–Trinajstić information content (AvgIpc) is 2.31. The summed E-state index contributed by atoms with van der Waals surface area (Å²) in [6, 6.07) is 5.04. The number of morpholine rings is 1. The van der Waals surface area contributed by atoms with Gasteiger partial charge in [-0.1, -0.05) is 6.07 Å². The number of benzene rings is 1. The molecule has 1 fully saturated rings. The number of nitrogens with two attached hydrogens (primary N) is 1. The molecule has 16 heavy (non-hydrogen) atoms. The number of hydrogen-bond acceptors (Lipinski definition) is 4. The molecule has 2 N–H and O–H groups in total. The van der Waals surface area contributed by atoms with E-state index in [0.29, 0.717) is 18.9 Å². The van der Waals surface area contributed by atoms with Gasteiger partial charge in [0.25, 0.3) is 0 Å². The Bertz CT molecular complexity index is 354. The molecule has 5 heteroatoms. The van der Waals surface area contributed by atoms with Gasteiger partial charge in [-0.05, 0) is 17.7 Å². The average molecular weight is 226 g/mol. The van der Waals surface area contributed by atoms with E-state index in [-0.39, 0.29) is 12.4 Å². The number of hydrogen-bond donors (Lipinski definition) is 1. The van der Waals surface area contributed by atoms with Crippen LogP contribution in [0.15, 0.2) is 18.2 Å². The van der Waals surface area contributed by atoms with Gasteiger partial charge in [0, 0.05) is 13.1 Å². The van der Waals surface area contributed by atoms with Crippen LogP contribution in [0, 0.1) is 5.82 Å². The molecule has 0 radical (unpaired) electrons. The fraction of sp³-hybridized carbons (Fsp3) is 0.455. The number of nitrogens with zero attached hydrogens (tertiary/aromatic N) is 1. The van der Waals surface area contributed by atoms with E-state index in [1.54, 1.807) is 6.07 Å². The molecule has 1 aromatic rings. The second-order valence-corrected chi connectivity index (χ2v) is 3.70. The first kappa shape index (κ1) is 11.3. The zero-order valence-corrected chi connectivity index (χ0v) is 8.99. The lowest BCUT2D eigenvalue weighted by molar-refractivity contribution is 0.122. The van der Waals surface area contributed by atoms with Crippen LogP contribution in [0.2, 0.25) is 0 Å². The minimum absolute atomic E-state index is 0.223. The molecular formula is C11H15FN2O2. The first-order valence-corrected chi connectivity index (χ1v) is 5.24. The predicted octanol–water partition coefficient (Wildman–Crippen LogP) is 1.05. The zero-order valence-electron chi connectivity index (χ0n) is 8.99. The van der Waals surface area contributed by atoms with E-state index in [4.69, 9.17) is 10.6 Å². The van der Waals surface area contributed by atoms with Crippen molar-refractivity contribution in [2.24, 2.45) is 5.90 Å². The zero-order chi connectivity index (χ0) is 11.4. The normalized spacial score (nSPS) is 16.5. The molecule has 0 unspecified atom stereocenters. The van der Waals surface area contributed by atoms with Gasteiger partial charge in [0.1, 0.15) is 5.82 Å². The molecule has 1 saturated heterocycles. The van der Waals surface area contributed by atoms with Gasteiger partial charge in [0.15, 0.2) is 0 Å². The summed E-state index contributed by atoms with van der Waals surface area (Å²) in [5, 5.41) is 0. The van der Waals surface area contributed by atoms with E-state index < -0.39 is 0 Å². The van der Waals surface area contributed by atoms with Crippen LogP contribution in [-0.4, -0.2) is 26.3 Å². The number of ether oxygens (including phenoxy) is 1. The van der Waals surface area contributed by atoms with Gasteiger partial charge >= 0.3 is 0 Å². The van der Waals surface area contributed by atoms with Crippen molar-refractivity contribution in [3.05, 3.63) is 29.6 Å². The van der Waals surface area contributed by atoms with E-state index in [1.165, 1.54) is 6.07 Å². The van der Waals surface area contributed by atoms with Gasteiger partial charge in [-0.3, -0.25) is 4.84 Å². The van der Waals surface area contributed by atoms with Gasteiger partial charge in [-0.2, -0.15) is 0 Å². The standard InChI is InChI=1S/C11H15FN2O2/c12-10-7-9(8-16-13)1-2-11(10)14-3-5-15-6-4-14/h1-2,7H,3-6,8,13H2. The smallest absolute Gasteiger partial charge is 0.146 e. The van der Waals surface area contributed by atoms with Crippen molar-refractivity contribution >= 4 is 5.69 Å². The Morgan fingerprint density at radius 3 is 2.75 bits per heavy atom. The van der Waals surface area contributed by atoms with E-state index in [1.807, 2.05) is 11.0 Å². The second kappa shape index (κ2) is 5.25. The lowest BCUT2D eigenvalue weighted by Gasteiger charge is -2.29. The summed E-state index contributed by atoms with van der Waals surface area (Å²) < 4.78 is 19.0. The monoisotopic (exact) mass is 226 g/mol. The van der Waals surface area contributed by atoms with E-state index >= 15 is 0 Å². The molecule has 1 aromatic carbocycles. The minimum atomic E-state index is -0.239. The Labute approximate surface area is 93.7 Å². The molecule has 0 saturated carbocycles. The quantitative estimate of drug-likeness (QED) is 0.783. The Kier molecular flexibility index (Phi) is 3.71. The van der Waals surface area contributed by atoms with Crippen LogP contribution < -0.4 is 10.8 Å². The molecule has 1 aliphatic rings. The lowest BCUT2D eigenvalue weighted by atomic mass is 10.2. The van der Waals surface area contributed by atoms with Crippen LogP contribution in [0.4, 0.5) is 10.1 Å². The van der Waals surface area contributed by atoms with Crippen LogP contribution >= 0.6 is 0 Å². The van der Waals surface area contributed by atoms with Crippen LogP contribution in [0.1, 0.15) is 5.56 Å². The van der Waals surface area contributed by atoms with Gasteiger partial charge in [-0.15, -0.1) is 0 Å². The fourth-order valence-electron chi connectivity index (χ4n) is 1.80. The molecule has 0 bridgehead atoms. The minimum Gasteiger partial charge on any atom is -0.378 e. The van der Waals surface area contributed by atoms with Crippen molar-refractivity contribution in [2.75, 3.05) is 31.2 Å². The molecule has 0 aliphatic carbocycles. The molecular weight excluding hydrogens is 211 g/mol. The SMILES string of the molecule is NOCc1ccc(N2CCOCC2)c(F)c1. The van der Waals surface area contributed by atoms with E-state index in [0.717, 1.165) is 18.7 Å². The molecule has 88 valence electrons. The highest BCUT2D eigenvalue weighted by molar-refractivity contribution is 5.49. The molecule has 4 nitrogen and oxygen atoms in total. The molecule has 0 spiro atoms. The van der Waals surface area contributed by atoms with Crippen LogP contribution in [0.3, 0.4) is 0 Å². The van der Waals surface area contributed by atoms with Crippen molar-refractivity contribution in [3.63, 3.8) is 0 Å². The Morgan fingerprint density at radius 2 is 2.12 bits per heavy atom. The summed E-state index contributed by atoms with van der Waals surface area (Å²) >= 11 is 0. The lowest BCUT2D eigenvalue weighted by Crippen LogP contribution is -2.36. The van der Waals surface area contributed by atoms with Crippen LogP contribution in [0.25, 0.3) is 0 Å². The summed E-state index contributed by atoms with van der Waals surface area (Å²) in [5.74, 6) is 4.70. The van der Waals surface area contributed by atoms with Crippen LogP contribution in [0.5, 0.6) is 0 Å². The van der Waals surface area contributed by atoms with Gasteiger partial charge in [-0.25, -0.2) is 10.3 Å². The molecule has 2 rings (SSSR count). The largest absolute Gasteiger partial charge is 0.378 e. The summed E-state index contributed by atoms with van der Waals surface area (Å²) in [4.78, 5) is 6.45. The number of anilines is 1. The van der Waals surface area contributed by atoms with E-state index in [2.05, 4.69) is 4.84 Å². The molecule has 1 heterocycles. The summed E-state index contributed by atoms with van der Waals surface area (Å²) in [6.45, 7) is 2.97. The first-order valence-electron chi connectivity index (χ1n) is 5.24. The second-order valence-electron chi connectivity index (χ2n) is 3.70. The molecule has 0 amide bonds. The molecule has 1 aliphatic heterocycles. The van der Waals surface area contributed by atoms with Crippen molar-refractivity contribution in [2.45, 2.75) is 6.61 Å². The van der Waals surface area contributed by atoms with Crippen molar-refractivity contribution in [1.29, 1.82) is 0 Å². The third kappa shape index (κ3) is 2.49. The van der Waals surface area contributed by atoms with Crippen molar-refractivity contribution in [3.8, 4) is 0 Å². The maximum absolute atomic E-state index is 13.8. The van der Waals surface area contributed by atoms with Crippen molar-refractivity contribution < 1.29 is 14.0 Å². The fourth-order valence-corrected chi connectivity index (χ4v) is 1.80. The van der Waals surface area contributed by atoms with Crippen LogP contribution in [-0.2, 0) is 16.2 Å². The Morgan fingerprint density at radius 1 is 1.38 bits per heavy atom. The summed E-state index contributed by atoms with van der Waals surface area (Å²) in [6.07, 6.45) is 0. The summed E-state index contributed by atoms with van der Waals surface area (Å²) in [5.41, 5.74) is 1.35. The maximum Gasteiger partial charge on any atom is 0.146 e. The topological polar surface area (TPSA) is 47.7 Å². The highest BCUT2D eigenvalue weighted by Gasteiger charge is 2.15. The Hall–Kier alpha value is -1.17. The molecule has 0 aromatic heterocycles. The Balaban J connectivity index is 2.14. The van der Waals surface area contributed by atoms with Gasteiger partial charge in [0.2, 0.25) is 0 Å². The van der Waals surface area contributed by atoms with Gasteiger partial charge in [0.05, 0.1) is 25.5 Å². The highest BCUT2D eigenvalue weighted by Crippen LogP contribution is 2.21. The number of halogens is 1.